The van der Waals surface area contributed by atoms with Crippen molar-refractivity contribution >= 4 is 33.6 Å². The summed E-state index contributed by atoms with van der Waals surface area (Å²) in [6, 6.07) is 27.3. The topological polar surface area (TPSA) is 88.2 Å². The summed E-state index contributed by atoms with van der Waals surface area (Å²) in [4.78, 5) is 28.3. The van der Waals surface area contributed by atoms with Gasteiger partial charge in [0.1, 0.15) is 6.29 Å². The SMILES string of the molecule is CC(C)CCN(C)C1CC=CC1.CCCN1CCC[C@H](C(=O)c2ccc3cc(C#N)ccc3c2)C1.N#Cc1ccc2cc(C=O)ccc2c1. The highest BCUT2D eigenvalue weighted by Gasteiger charge is 2.26. The fraction of sp³-hybridized carbons (Fsp3) is 0.395. The molecule has 254 valence electrons. The molecule has 6 rings (SSSR count). The smallest absolute Gasteiger partial charge is 0.167 e. The third-order valence-corrected chi connectivity index (χ3v) is 9.46. The Kier molecular flexibility index (Phi) is 14.3. The van der Waals surface area contributed by atoms with Gasteiger partial charge in [-0.25, -0.2) is 0 Å². The van der Waals surface area contributed by atoms with Gasteiger partial charge in [0.05, 0.1) is 23.3 Å². The number of likely N-dealkylation sites (tertiary alicyclic amines) is 1. The number of hydrogen-bond acceptors (Lipinski definition) is 6. The zero-order valence-corrected chi connectivity index (χ0v) is 29.6. The minimum Gasteiger partial charge on any atom is -0.303 e. The summed E-state index contributed by atoms with van der Waals surface area (Å²) < 4.78 is 0. The van der Waals surface area contributed by atoms with Crippen LogP contribution in [0.2, 0.25) is 0 Å². The van der Waals surface area contributed by atoms with Crippen molar-refractivity contribution in [2.75, 3.05) is 33.2 Å². The maximum atomic E-state index is 12.8. The zero-order chi connectivity index (χ0) is 35.2. The average Bonchev–Trinajstić information content (AvgIpc) is 3.69. The van der Waals surface area contributed by atoms with Crippen LogP contribution in [0.25, 0.3) is 21.5 Å². The Morgan fingerprint density at radius 1 is 0.898 bits per heavy atom. The van der Waals surface area contributed by atoms with Crippen LogP contribution in [0, 0.1) is 34.5 Å². The van der Waals surface area contributed by atoms with E-state index in [0.717, 1.165) is 84.3 Å². The Balaban J connectivity index is 0.000000178. The first-order valence-electron chi connectivity index (χ1n) is 17.7. The molecule has 1 fully saturated rings. The van der Waals surface area contributed by atoms with Crippen molar-refractivity contribution < 1.29 is 9.59 Å². The number of nitriles is 2. The third kappa shape index (κ3) is 10.9. The first kappa shape index (κ1) is 37.2. The van der Waals surface area contributed by atoms with Crippen molar-refractivity contribution in [3.8, 4) is 12.1 Å². The van der Waals surface area contributed by atoms with Crippen molar-refractivity contribution in [3.05, 3.63) is 107 Å². The van der Waals surface area contributed by atoms with Crippen molar-refractivity contribution in [1.29, 1.82) is 10.5 Å². The van der Waals surface area contributed by atoms with Crippen LogP contribution in [0.5, 0.6) is 0 Å². The molecule has 0 radical (unpaired) electrons. The van der Waals surface area contributed by atoms with Crippen molar-refractivity contribution in [2.24, 2.45) is 11.8 Å². The zero-order valence-electron chi connectivity index (χ0n) is 29.6. The van der Waals surface area contributed by atoms with Crippen molar-refractivity contribution in [1.82, 2.24) is 9.80 Å². The highest BCUT2D eigenvalue weighted by atomic mass is 16.1. The monoisotopic (exact) mass is 654 g/mol. The van der Waals surface area contributed by atoms with E-state index in [2.05, 4.69) is 61.9 Å². The second-order valence-electron chi connectivity index (χ2n) is 13.7. The van der Waals surface area contributed by atoms with Gasteiger partial charge >= 0.3 is 0 Å². The lowest BCUT2D eigenvalue weighted by atomic mass is 9.89. The van der Waals surface area contributed by atoms with Crippen LogP contribution in [0.4, 0.5) is 0 Å². The lowest BCUT2D eigenvalue weighted by Gasteiger charge is -2.31. The van der Waals surface area contributed by atoms with Gasteiger partial charge in [0.2, 0.25) is 0 Å². The minimum atomic E-state index is 0.117. The molecule has 0 amide bonds. The number of ketones is 1. The van der Waals surface area contributed by atoms with E-state index in [1.54, 1.807) is 18.2 Å². The minimum absolute atomic E-state index is 0.117. The normalized spacial score (nSPS) is 16.0. The molecule has 0 spiro atoms. The molecule has 6 heteroatoms. The van der Waals surface area contributed by atoms with E-state index in [4.69, 9.17) is 10.5 Å². The third-order valence-electron chi connectivity index (χ3n) is 9.46. The first-order chi connectivity index (χ1) is 23.7. The Hall–Kier alpha value is -4.62. The van der Waals surface area contributed by atoms with E-state index in [9.17, 15) is 9.59 Å². The standard InChI is InChI=1S/C20H22N2O.C12H7NO.C11H21N/c1-2-9-22-10-3-4-19(14-22)20(23)18-8-7-16-11-15(13-21)5-6-17(16)12-18;13-7-9-1-3-12-6-10(8-14)2-4-11(12)5-9;1-10(2)8-9-12(3)11-6-4-5-7-11/h5-8,11-12,19H,2-4,9-10,14H2,1H3;1-6,8H;4-5,10-11H,6-9H2,1-3H3/t19-;;/m0../s1. The van der Waals surface area contributed by atoms with E-state index in [0.29, 0.717) is 16.7 Å². The molecule has 49 heavy (non-hydrogen) atoms. The number of fused-ring (bicyclic) bond motifs is 2. The molecule has 4 aromatic rings. The lowest BCUT2D eigenvalue weighted by molar-refractivity contribution is 0.0820. The van der Waals surface area contributed by atoms with Crippen LogP contribution in [-0.4, -0.2) is 61.1 Å². The van der Waals surface area contributed by atoms with E-state index in [1.807, 2.05) is 54.6 Å². The lowest BCUT2D eigenvalue weighted by Crippen LogP contribution is -2.39. The average molecular weight is 655 g/mol. The predicted molar refractivity (Wildman–Crippen MR) is 201 cm³/mol. The van der Waals surface area contributed by atoms with Gasteiger partial charge in [-0.05, 0) is 129 Å². The van der Waals surface area contributed by atoms with E-state index in [-0.39, 0.29) is 11.7 Å². The number of piperidine rings is 1. The first-order valence-corrected chi connectivity index (χ1v) is 17.7. The molecule has 0 unspecified atom stereocenters. The number of Topliss-reactive ketones (excluding diaryl/α,β-unsaturated/α-hetero) is 1. The Labute approximate surface area is 292 Å². The van der Waals surface area contributed by atoms with Gasteiger partial charge in [0.25, 0.3) is 0 Å². The molecule has 0 N–H and O–H groups in total. The summed E-state index contributed by atoms with van der Waals surface area (Å²) in [7, 11) is 2.25. The molecular formula is C43H50N4O2. The molecule has 1 aliphatic carbocycles. The van der Waals surface area contributed by atoms with Gasteiger partial charge in [-0.3, -0.25) is 9.59 Å². The van der Waals surface area contributed by atoms with Crippen LogP contribution in [0.1, 0.15) is 91.1 Å². The molecule has 1 atom stereocenters. The molecule has 2 aliphatic rings. The summed E-state index contributed by atoms with van der Waals surface area (Å²) in [5.74, 6) is 1.21. The summed E-state index contributed by atoms with van der Waals surface area (Å²) in [6.45, 7) is 11.1. The van der Waals surface area contributed by atoms with Crippen molar-refractivity contribution in [2.45, 2.75) is 65.3 Å². The van der Waals surface area contributed by atoms with Crippen LogP contribution >= 0.6 is 0 Å². The van der Waals surface area contributed by atoms with Gasteiger partial charge < -0.3 is 9.80 Å². The molecular weight excluding hydrogens is 604 g/mol. The van der Waals surface area contributed by atoms with Gasteiger partial charge in [-0.1, -0.05) is 69.3 Å². The van der Waals surface area contributed by atoms with Gasteiger partial charge in [-0.2, -0.15) is 10.5 Å². The molecule has 0 bridgehead atoms. The Morgan fingerprint density at radius 2 is 1.49 bits per heavy atom. The number of aldehydes is 1. The number of carbonyl (C=O) groups excluding carboxylic acids is 2. The molecule has 4 aromatic carbocycles. The summed E-state index contributed by atoms with van der Waals surface area (Å²) in [6.07, 6.45) is 12.5. The molecule has 0 saturated carbocycles. The maximum absolute atomic E-state index is 12.8. The number of carbonyl (C=O) groups is 2. The largest absolute Gasteiger partial charge is 0.303 e. The summed E-state index contributed by atoms with van der Waals surface area (Å²) in [5, 5.41) is 21.7. The maximum Gasteiger partial charge on any atom is 0.167 e. The van der Waals surface area contributed by atoms with Crippen LogP contribution in [0.3, 0.4) is 0 Å². The van der Waals surface area contributed by atoms with E-state index in [1.165, 1.54) is 25.8 Å². The molecule has 1 saturated heterocycles. The fourth-order valence-electron chi connectivity index (χ4n) is 6.51. The highest BCUT2D eigenvalue weighted by molar-refractivity contribution is 6.01. The summed E-state index contributed by atoms with van der Waals surface area (Å²) >= 11 is 0. The Bertz CT molecular complexity index is 1820. The van der Waals surface area contributed by atoms with Gasteiger partial charge in [-0.15, -0.1) is 0 Å². The van der Waals surface area contributed by atoms with Gasteiger partial charge in [0.15, 0.2) is 5.78 Å². The second-order valence-corrected chi connectivity index (χ2v) is 13.7. The quantitative estimate of drug-likeness (QED) is 0.102. The number of nitrogens with zero attached hydrogens (tertiary/aromatic N) is 4. The number of rotatable bonds is 9. The van der Waals surface area contributed by atoms with Crippen LogP contribution < -0.4 is 0 Å². The second kappa shape index (κ2) is 18.8. The number of benzene rings is 4. The fourth-order valence-corrected chi connectivity index (χ4v) is 6.51. The Morgan fingerprint density at radius 3 is 2.08 bits per heavy atom. The molecule has 6 nitrogen and oxygen atoms in total. The number of hydrogen-bond donors (Lipinski definition) is 0. The van der Waals surface area contributed by atoms with Gasteiger partial charge in [0, 0.05) is 29.6 Å². The molecule has 1 aliphatic heterocycles. The molecule has 1 heterocycles. The van der Waals surface area contributed by atoms with Crippen molar-refractivity contribution in [3.63, 3.8) is 0 Å². The molecule has 0 aromatic heterocycles. The van der Waals surface area contributed by atoms with Crippen LogP contribution in [-0.2, 0) is 0 Å². The van der Waals surface area contributed by atoms with E-state index >= 15 is 0 Å². The van der Waals surface area contributed by atoms with Crippen LogP contribution in [0.15, 0.2) is 84.9 Å². The predicted octanol–water partition coefficient (Wildman–Crippen LogP) is 9.22. The van der Waals surface area contributed by atoms with E-state index < -0.39 is 0 Å². The summed E-state index contributed by atoms with van der Waals surface area (Å²) in [5.41, 5.74) is 2.74. The highest BCUT2D eigenvalue weighted by Crippen LogP contribution is 2.24.